The number of carbonyl (C=O) groups is 1. The fraction of sp³-hybridized carbons (Fsp3) is 0.588. The molecule has 1 aliphatic heterocycles. The van der Waals surface area contributed by atoms with Crippen molar-refractivity contribution in [3.63, 3.8) is 0 Å². The van der Waals surface area contributed by atoms with Crippen molar-refractivity contribution in [1.82, 2.24) is 0 Å². The van der Waals surface area contributed by atoms with Gasteiger partial charge in [-0.1, -0.05) is 20.8 Å². The first-order chi connectivity index (χ1) is 9.78. The van der Waals surface area contributed by atoms with Crippen LogP contribution in [-0.4, -0.2) is 27.9 Å². The van der Waals surface area contributed by atoms with Gasteiger partial charge in [-0.3, -0.25) is 0 Å². The van der Waals surface area contributed by atoms with Gasteiger partial charge in [0.05, 0.1) is 11.7 Å². The molecule has 0 saturated heterocycles. The molecular weight excluding hydrogens is 268 g/mol. The standard InChI is InChI=1S/C17H22O4/c1-10-4-7-14(18)16(2,3)17(10)9-12-8-11(15(19)20)5-6-13(12)21-17/h5-6,8,10,14,18H,4,7,9H2,1-3H3,(H,19,20)/t10-,14+,17+/m1/s1. The van der Waals surface area contributed by atoms with Gasteiger partial charge in [0.15, 0.2) is 0 Å². The molecule has 1 heterocycles. The SMILES string of the molecule is C[C@@H]1CC[C@H](O)C(C)(C)[C@]12Cc1cc(C(=O)O)ccc1O2. The number of aromatic carboxylic acids is 1. The van der Waals surface area contributed by atoms with Crippen LogP contribution in [-0.2, 0) is 6.42 Å². The van der Waals surface area contributed by atoms with Crippen LogP contribution in [0.25, 0.3) is 0 Å². The molecule has 2 aliphatic rings. The van der Waals surface area contributed by atoms with Crippen LogP contribution in [0.2, 0.25) is 0 Å². The Morgan fingerprint density at radius 3 is 2.71 bits per heavy atom. The minimum absolute atomic E-state index is 0.288. The molecule has 0 amide bonds. The van der Waals surface area contributed by atoms with E-state index in [1.54, 1.807) is 18.2 Å². The van der Waals surface area contributed by atoms with Crippen molar-refractivity contribution in [2.75, 3.05) is 0 Å². The van der Waals surface area contributed by atoms with E-state index in [2.05, 4.69) is 20.8 Å². The van der Waals surface area contributed by atoms with E-state index in [4.69, 9.17) is 9.84 Å². The number of ether oxygens (including phenoxy) is 1. The summed E-state index contributed by atoms with van der Waals surface area (Å²) >= 11 is 0. The van der Waals surface area contributed by atoms with Gasteiger partial charge in [-0.25, -0.2) is 4.79 Å². The maximum absolute atomic E-state index is 11.1. The smallest absolute Gasteiger partial charge is 0.335 e. The zero-order valence-electron chi connectivity index (χ0n) is 12.7. The van der Waals surface area contributed by atoms with Gasteiger partial charge in [-0.15, -0.1) is 0 Å². The average molecular weight is 290 g/mol. The van der Waals surface area contributed by atoms with Gasteiger partial charge in [-0.2, -0.15) is 0 Å². The Bertz CT molecular complexity index is 592. The van der Waals surface area contributed by atoms with Gasteiger partial charge in [0.2, 0.25) is 0 Å². The summed E-state index contributed by atoms with van der Waals surface area (Å²) in [6.07, 6.45) is 1.97. The second kappa shape index (κ2) is 4.47. The Kier molecular flexibility index (Phi) is 3.06. The summed E-state index contributed by atoms with van der Waals surface area (Å²) in [4.78, 5) is 11.1. The van der Waals surface area contributed by atoms with E-state index in [1.807, 2.05) is 0 Å². The molecular formula is C17H22O4. The number of rotatable bonds is 1. The number of carboxylic acids is 1. The molecule has 1 aromatic rings. The van der Waals surface area contributed by atoms with E-state index in [-0.39, 0.29) is 11.0 Å². The Labute approximate surface area is 124 Å². The Hall–Kier alpha value is -1.55. The monoisotopic (exact) mass is 290 g/mol. The highest BCUT2D eigenvalue weighted by atomic mass is 16.5. The van der Waals surface area contributed by atoms with E-state index in [0.717, 1.165) is 24.2 Å². The predicted molar refractivity (Wildman–Crippen MR) is 78.7 cm³/mol. The molecule has 0 aromatic heterocycles. The topological polar surface area (TPSA) is 66.8 Å². The first-order valence-electron chi connectivity index (χ1n) is 7.51. The summed E-state index contributed by atoms with van der Waals surface area (Å²) in [5.41, 5.74) is 0.400. The number of hydrogen-bond acceptors (Lipinski definition) is 3. The van der Waals surface area contributed by atoms with Crippen molar-refractivity contribution < 1.29 is 19.7 Å². The number of aliphatic hydroxyl groups excluding tert-OH is 1. The summed E-state index contributed by atoms with van der Waals surface area (Å²) in [5, 5.41) is 19.6. The van der Waals surface area contributed by atoms with Gasteiger partial charge in [0, 0.05) is 11.8 Å². The van der Waals surface area contributed by atoms with Crippen LogP contribution in [0.4, 0.5) is 0 Å². The lowest BCUT2D eigenvalue weighted by Crippen LogP contribution is -2.61. The third kappa shape index (κ3) is 1.89. The summed E-state index contributed by atoms with van der Waals surface area (Å²) in [6, 6.07) is 5.03. The third-order valence-corrected chi connectivity index (χ3v) is 5.65. The third-order valence-electron chi connectivity index (χ3n) is 5.65. The molecule has 0 bridgehead atoms. The second-order valence-electron chi connectivity index (χ2n) is 7.01. The zero-order chi connectivity index (χ0) is 15.4. The molecule has 1 aromatic carbocycles. The molecule has 2 N–H and O–H groups in total. The Balaban J connectivity index is 2.03. The number of aliphatic hydroxyl groups is 1. The van der Waals surface area contributed by atoms with Crippen molar-refractivity contribution in [2.45, 2.75) is 51.7 Å². The maximum Gasteiger partial charge on any atom is 0.335 e. The minimum Gasteiger partial charge on any atom is -0.486 e. The van der Waals surface area contributed by atoms with Crippen LogP contribution >= 0.6 is 0 Å². The van der Waals surface area contributed by atoms with Gasteiger partial charge in [-0.05, 0) is 42.5 Å². The molecule has 4 heteroatoms. The molecule has 3 rings (SSSR count). The molecule has 0 unspecified atom stereocenters. The van der Waals surface area contributed by atoms with Gasteiger partial charge < -0.3 is 14.9 Å². The minimum atomic E-state index is -0.922. The molecule has 114 valence electrons. The molecule has 0 radical (unpaired) electrons. The van der Waals surface area contributed by atoms with Crippen molar-refractivity contribution in [1.29, 1.82) is 0 Å². The number of carboxylic acid groups (broad SMARTS) is 1. The molecule has 1 spiro atoms. The highest BCUT2D eigenvalue weighted by Gasteiger charge is 2.59. The molecule has 1 saturated carbocycles. The van der Waals surface area contributed by atoms with E-state index in [1.165, 1.54) is 0 Å². The van der Waals surface area contributed by atoms with Gasteiger partial charge in [0.1, 0.15) is 11.4 Å². The maximum atomic E-state index is 11.1. The normalized spacial score (nSPS) is 33.5. The van der Waals surface area contributed by atoms with Crippen molar-refractivity contribution in [3.8, 4) is 5.75 Å². The van der Waals surface area contributed by atoms with Crippen LogP contribution in [0.5, 0.6) is 5.75 Å². The lowest BCUT2D eigenvalue weighted by atomic mass is 9.58. The summed E-state index contributed by atoms with van der Waals surface area (Å²) < 4.78 is 6.32. The van der Waals surface area contributed by atoms with Crippen LogP contribution in [0.1, 0.15) is 49.5 Å². The molecule has 1 aliphatic carbocycles. The first kappa shape index (κ1) is 14.4. The van der Waals surface area contributed by atoms with Crippen molar-refractivity contribution in [2.24, 2.45) is 11.3 Å². The number of fused-ring (bicyclic) bond motifs is 1. The van der Waals surface area contributed by atoms with Gasteiger partial charge in [0.25, 0.3) is 0 Å². The Morgan fingerprint density at radius 2 is 2.05 bits per heavy atom. The lowest BCUT2D eigenvalue weighted by molar-refractivity contribution is -0.156. The fourth-order valence-corrected chi connectivity index (χ4v) is 4.02. The van der Waals surface area contributed by atoms with Crippen molar-refractivity contribution in [3.05, 3.63) is 29.3 Å². The van der Waals surface area contributed by atoms with E-state index >= 15 is 0 Å². The highest BCUT2D eigenvalue weighted by Crippen LogP contribution is 2.55. The molecule has 21 heavy (non-hydrogen) atoms. The van der Waals surface area contributed by atoms with E-state index in [0.29, 0.717) is 12.3 Å². The van der Waals surface area contributed by atoms with E-state index in [9.17, 15) is 9.90 Å². The van der Waals surface area contributed by atoms with Crippen molar-refractivity contribution >= 4 is 5.97 Å². The Morgan fingerprint density at radius 1 is 1.33 bits per heavy atom. The van der Waals surface area contributed by atoms with Crippen LogP contribution in [0.15, 0.2) is 18.2 Å². The fourth-order valence-electron chi connectivity index (χ4n) is 4.02. The van der Waals surface area contributed by atoms with Gasteiger partial charge >= 0.3 is 5.97 Å². The molecule has 3 atom stereocenters. The average Bonchev–Trinajstić information content (AvgIpc) is 2.82. The second-order valence-corrected chi connectivity index (χ2v) is 7.01. The number of benzene rings is 1. The highest BCUT2D eigenvalue weighted by molar-refractivity contribution is 5.88. The quantitative estimate of drug-likeness (QED) is 0.834. The number of hydrogen-bond donors (Lipinski definition) is 2. The van der Waals surface area contributed by atoms with Crippen LogP contribution < -0.4 is 4.74 Å². The largest absolute Gasteiger partial charge is 0.486 e. The molecule has 1 fully saturated rings. The lowest BCUT2D eigenvalue weighted by Gasteiger charge is -2.53. The summed E-state index contributed by atoms with van der Waals surface area (Å²) in [7, 11) is 0. The van der Waals surface area contributed by atoms with Crippen LogP contribution in [0.3, 0.4) is 0 Å². The first-order valence-corrected chi connectivity index (χ1v) is 7.51. The summed E-state index contributed by atoms with van der Waals surface area (Å²) in [6.45, 7) is 6.27. The molecule has 4 nitrogen and oxygen atoms in total. The van der Waals surface area contributed by atoms with E-state index < -0.39 is 17.7 Å². The zero-order valence-corrected chi connectivity index (χ0v) is 12.7. The summed E-state index contributed by atoms with van der Waals surface area (Å²) in [5.74, 6) is 0.153. The van der Waals surface area contributed by atoms with Crippen LogP contribution in [0, 0.1) is 11.3 Å². The predicted octanol–water partition coefficient (Wildman–Crippen LogP) is 2.88.